The molecule has 150 valence electrons. The summed E-state index contributed by atoms with van der Waals surface area (Å²) in [5, 5.41) is 7.23. The van der Waals surface area contributed by atoms with Crippen molar-refractivity contribution in [1.29, 1.82) is 0 Å². The van der Waals surface area contributed by atoms with Crippen LogP contribution < -0.4 is 0 Å². The fourth-order valence-electron chi connectivity index (χ4n) is 4.59. The van der Waals surface area contributed by atoms with E-state index in [4.69, 9.17) is 16.7 Å². The second-order valence-electron chi connectivity index (χ2n) is 7.86. The van der Waals surface area contributed by atoms with Crippen LogP contribution in [0.5, 0.6) is 0 Å². The first-order valence-electron chi connectivity index (χ1n) is 10.2. The van der Waals surface area contributed by atoms with Gasteiger partial charge in [-0.25, -0.2) is 4.44 Å². The summed E-state index contributed by atoms with van der Waals surface area (Å²) in [5.41, 5.74) is 4.89. The Balaban J connectivity index is 1.68. The molecule has 3 nitrogen and oxygen atoms in total. The van der Waals surface area contributed by atoms with Crippen LogP contribution in [0, 0.1) is 0 Å². The number of aromatic nitrogens is 2. The topological polar surface area (TPSA) is 21.1 Å². The summed E-state index contributed by atoms with van der Waals surface area (Å²) >= 11 is 6.20. The molecule has 0 amide bonds. The highest BCUT2D eigenvalue weighted by molar-refractivity contribution is 7.27. The van der Waals surface area contributed by atoms with Crippen molar-refractivity contribution in [3.05, 3.63) is 112 Å². The first kappa shape index (κ1) is 19.5. The average molecular weight is 432 g/mol. The van der Waals surface area contributed by atoms with Crippen LogP contribution in [-0.2, 0) is 0 Å². The predicted octanol–water partition coefficient (Wildman–Crippen LogP) is 6.99. The molecule has 1 aliphatic heterocycles. The number of likely N-dealkylation sites (N-methyl/N-ethyl adjacent to an activating group) is 1. The summed E-state index contributed by atoms with van der Waals surface area (Å²) in [6.07, 6.45) is 0. The molecule has 0 bridgehead atoms. The minimum atomic E-state index is 0.151. The average Bonchev–Trinajstić information content (AvgIpc) is 3.22. The number of nitrogens with zero attached hydrogens (tertiary/aromatic N) is 3. The van der Waals surface area contributed by atoms with Crippen molar-refractivity contribution < 1.29 is 0 Å². The van der Waals surface area contributed by atoms with Crippen LogP contribution in [0.15, 0.2) is 84.9 Å². The van der Waals surface area contributed by atoms with Crippen LogP contribution in [0.1, 0.15) is 47.0 Å². The van der Waals surface area contributed by atoms with E-state index in [0.717, 1.165) is 19.1 Å². The number of hydrogen-bond acceptors (Lipinski definition) is 2. The fourth-order valence-corrected chi connectivity index (χ4v) is 6.10. The molecule has 1 aromatic heterocycles. The Morgan fingerprint density at radius 1 is 0.833 bits per heavy atom. The van der Waals surface area contributed by atoms with Crippen molar-refractivity contribution in [2.45, 2.75) is 24.9 Å². The SMILES string of the molecule is C[C@H]1c2nn(-c3ccccc3)pc2[C@H](c2ccc(Cl)cc2)N(C)[C@@H]1c1ccccc1. The van der Waals surface area contributed by atoms with E-state index in [1.54, 1.807) is 0 Å². The van der Waals surface area contributed by atoms with Gasteiger partial charge >= 0.3 is 0 Å². The van der Waals surface area contributed by atoms with E-state index >= 15 is 0 Å². The van der Waals surface area contributed by atoms with E-state index in [1.165, 1.54) is 22.1 Å². The minimum Gasteiger partial charge on any atom is -0.287 e. The molecule has 2 heterocycles. The molecule has 0 saturated heterocycles. The van der Waals surface area contributed by atoms with Crippen molar-refractivity contribution in [1.82, 2.24) is 14.4 Å². The van der Waals surface area contributed by atoms with E-state index in [1.807, 2.05) is 18.2 Å². The lowest BCUT2D eigenvalue weighted by atomic mass is 9.83. The highest BCUT2D eigenvalue weighted by Gasteiger charge is 2.41. The summed E-state index contributed by atoms with van der Waals surface area (Å²) in [6.45, 7) is 2.30. The van der Waals surface area contributed by atoms with Crippen LogP contribution in [0.3, 0.4) is 0 Å². The quantitative estimate of drug-likeness (QED) is 0.348. The Bertz CT molecular complexity index is 1140. The van der Waals surface area contributed by atoms with Gasteiger partial charge in [0.1, 0.15) is 0 Å². The molecule has 5 heteroatoms. The lowest BCUT2D eigenvalue weighted by Crippen LogP contribution is -2.37. The van der Waals surface area contributed by atoms with Gasteiger partial charge in [-0.1, -0.05) is 79.2 Å². The highest BCUT2D eigenvalue weighted by Crippen LogP contribution is 2.51. The molecule has 0 N–H and O–H groups in total. The maximum absolute atomic E-state index is 6.20. The van der Waals surface area contributed by atoms with Gasteiger partial charge in [-0.15, -0.1) is 0 Å². The molecule has 30 heavy (non-hydrogen) atoms. The molecule has 0 radical (unpaired) electrons. The predicted molar refractivity (Wildman–Crippen MR) is 125 cm³/mol. The highest BCUT2D eigenvalue weighted by atomic mass is 35.5. The Morgan fingerprint density at radius 3 is 2.13 bits per heavy atom. The summed E-state index contributed by atoms with van der Waals surface area (Å²) in [7, 11) is 3.35. The standard InChI is InChI=1S/C25H23ClN3P/c1-17-22-25(30-29(27-22)21-11-7-4-8-12-21)24(19-13-15-20(26)16-14-19)28(2)23(17)18-9-5-3-6-10-18/h3-17,23-24H,1-2H3/t17-,23-,24-/m0/s1. The van der Waals surface area contributed by atoms with E-state index in [0.29, 0.717) is 0 Å². The Labute approximate surface area is 184 Å². The third kappa shape index (κ3) is 3.37. The Morgan fingerprint density at radius 2 is 1.47 bits per heavy atom. The second-order valence-corrected chi connectivity index (χ2v) is 9.36. The summed E-state index contributed by atoms with van der Waals surface area (Å²) < 4.78 is 2.12. The maximum atomic E-state index is 6.20. The monoisotopic (exact) mass is 431 g/mol. The lowest BCUT2D eigenvalue weighted by Gasteiger charge is -2.42. The van der Waals surface area contributed by atoms with Crippen LogP contribution in [0.2, 0.25) is 5.02 Å². The zero-order valence-electron chi connectivity index (χ0n) is 17.0. The summed E-state index contributed by atoms with van der Waals surface area (Å²) in [6, 6.07) is 29.9. The molecule has 0 unspecified atom stereocenters. The largest absolute Gasteiger partial charge is 0.287 e. The van der Waals surface area contributed by atoms with Gasteiger partial charge in [0.25, 0.3) is 0 Å². The van der Waals surface area contributed by atoms with Gasteiger partial charge in [-0.3, -0.25) is 4.90 Å². The van der Waals surface area contributed by atoms with Crippen LogP contribution >= 0.6 is 20.0 Å². The van der Waals surface area contributed by atoms with Gasteiger partial charge in [0.05, 0.1) is 17.4 Å². The number of halogens is 1. The fraction of sp³-hybridized carbons (Fsp3) is 0.200. The van der Waals surface area contributed by atoms with Crippen LogP contribution in [-0.4, -0.2) is 21.5 Å². The zero-order valence-corrected chi connectivity index (χ0v) is 18.6. The molecular formula is C25H23ClN3P. The molecule has 1 aliphatic rings. The van der Waals surface area contributed by atoms with Gasteiger partial charge in [-0.2, -0.15) is 5.10 Å². The van der Waals surface area contributed by atoms with Gasteiger partial charge in [0.15, 0.2) is 0 Å². The molecule has 0 spiro atoms. The van der Waals surface area contributed by atoms with Gasteiger partial charge in [0, 0.05) is 30.6 Å². The van der Waals surface area contributed by atoms with Gasteiger partial charge < -0.3 is 0 Å². The molecule has 5 rings (SSSR count). The first-order valence-corrected chi connectivity index (χ1v) is 11.4. The molecular weight excluding hydrogens is 409 g/mol. The normalized spacial score (nSPS) is 21.6. The van der Waals surface area contributed by atoms with Crippen LogP contribution in [0.4, 0.5) is 0 Å². The number of fused-ring (bicyclic) bond motifs is 1. The minimum absolute atomic E-state index is 0.151. The number of rotatable bonds is 3. The van der Waals surface area contributed by atoms with Crippen molar-refractivity contribution in [2.75, 3.05) is 7.05 Å². The molecule has 0 fully saturated rings. The van der Waals surface area contributed by atoms with E-state index < -0.39 is 0 Å². The number of benzene rings is 3. The summed E-state index contributed by atoms with van der Waals surface area (Å²) in [5.74, 6) is 0.289. The number of para-hydroxylation sites is 1. The smallest absolute Gasteiger partial charge is 0.0776 e. The van der Waals surface area contributed by atoms with Crippen molar-refractivity contribution in [3.63, 3.8) is 0 Å². The third-order valence-electron chi connectivity index (χ3n) is 5.99. The second kappa shape index (κ2) is 8.00. The number of hydrogen-bond donors (Lipinski definition) is 0. The van der Waals surface area contributed by atoms with E-state index in [2.05, 4.69) is 90.0 Å². The molecule has 0 aliphatic carbocycles. The first-order chi connectivity index (χ1) is 14.6. The Kier molecular flexibility index (Phi) is 5.20. The third-order valence-corrected chi connectivity index (χ3v) is 7.44. The molecule has 3 atom stereocenters. The summed E-state index contributed by atoms with van der Waals surface area (Å²) in [4.78, 5) is 2.50. The van der Waals surface area contributed by atoms with E-state index in [-0.39, 0.29) is 18.0 Å². The van der Waals surface area contributed by atoms with Crippen molar-refractivity contribution in [2.24, 2.45) is 0 Å². The Hall–Kier alpha value is -2.45. The lowest BCUT2D eigenvalue weighted by molar-refractivity contribution is 0.158. The van der Waals surface area contributed by atoms with Crippen LogP contribution in [0.25, 0.3) is 5.69 Å². The van der Waals surface area contributed by atoms with Crippen molar-refractivity contribution in [3.8, 4) is 5.69 Å². The molecule has 3 aromatic carbocycles. The maximum Gasteiger partial charge on any atom is 0.0776 e. The van der Waals surface area contributed by atoms with Crippen molar-refractivity contribution >= 4 is 20.0 Å². The van der Waals surface area contributed by atoms with E-state index in [9.17, 15) is 0 Å². The zero-order chi connectivity index (χ0) is 20.7. The molecule has 0 saturated carbocycles. The van der Waals surface area contributed by atoms with Gasteiger partial charge in [-0.05, 0) is 42.4 Å². The molecule has 4 aromatic rings. The van der Waals surface area contributed by atoms with Gasteiger partial charge in [0.2, 0.25) is 0 Å².